The third-order valence-electron chi connectivity index (χ3n) is 7.26. The number of carbonyl (C=O) groups excluding carboxylic acids is 2. The van der Waals surface area contributed by atoms with Crippen molar-refractivity contribution in [1.82, 2.24) is 5.32 Å². The summed E-state index contributed by atoms with van der Waals surface area (Å²) in [5.41, 5.74) is 5.04. The minimum atomic E-state index is -0.408. The molecule has 4 nitrogen and oxygen atoms in total. The fourth-order valence-corrected chi connectivity index (χ4v) is 5.92. The molecule has 5 heteroatoms. The molecule has 0 amide bonds. The van der Waals surface area contributed by atoms with Crippen LogP contribution < -0.4 is 10.1 Å². The standard InChI is InChI=1S/C30H32ClNO3/c1-29(2)13-21-27(23(33)15-29)26(28-22(32-21)14-30(3,4)16-24(28)34)20-7-5-6-8-25(20)35-17-18-9-11-19(31)12-10-18/h5-12,26,32H,13-17H2,1-4H3. The number of hydrogen-bond acceptors (Lipinski definition) is 4. The molecular weight excluding hydrogens is 458 g/mol. The monoisotopic (exact) mass is 489 g/mol. The topological polar surface area (TPSA) is 55.4 Å². The van der Waals surface area contributed by atoms with Gasteiger partial charge in [-0.3, -0.25) is 9.59 Å². The zero-order valence-corrected chi connectivity index (χ0v) is 21.6. The number of hydrogen-bond donors (Lipinski definition) is 1. The van der Waals surface area contributed by atoms with Gasteiger partial charge in [0.25, 0.3) is 0 Å². The van der Waals surface area contributed by atoms with E-state index in [0.717, 1.165) is 46.5 Å². The number of Topliss-reactive ketones (excluding diaryl/α,β-unsaturated/α-hetero) is 2. The van der Waals surface area contributed by atoms with Crippen molar-refractivity contribution in [1.29, 1.82) is 0 Å². The van der Waals surface area contributed by atoms with Crippen molar-refractivity contribution in [3.8, 4) is 5.75 Å². The lowest BCUT2D eigenvalue weighted by atomic mass is 9.64. The zero-order valence-electron chi connectivity index (χ0n) is 20.8. The maximum atomic E-state index is 13.6. The quantitative estimate of drug-likeness (QED) is 0.508. The van der Waals surface area contributed by atoms with Gasteiger partial charge in [-0.2, -0.15) is 0 Å². The lowest BCUT2D eigenvalue weighted by Crippen LogP contribution is -2.42. The largest absolute Gasteiger partial charge is 0.489 e. The fraction of sp³-hybridized carbons (Fsp3) is 0.400. The molecule has 182 valence electrons. The molecule has 0 atom stereocenters. The smallest absolute Gasteiger partial charge is 0.162 e. The maximum Gasteiger partial charge on any atom is 0.162 e. The lowest BCUT2D eigenvalue weighted by molar-refractivity contribution is -0.119. The molecule has 5 rings (SSSR count). The first-order chi connectivity index (χ1) is 16.5. The molecule has 1 heterocycles. The van der Waals surface area contributed by atoms with Crippen molar-refractivity contribution in [3.63, 3.8) is 0 Å². The van der Waals surface area contributed by atoms with Crippen LogP contribution in [0.1, 0.15) is 70.4 Å². The van der Waals surface area contributed by atoms with E-state index in [-0.39, 0.29) is 22.4 Å². The Morgan fingerprint density at radius 2 is 1.37 bits per heavy atom. The van der Waals surface area contributed by atoms with Crippen LogP contribution in [-0.4, -0.2) is 11.6 Å². The van der Waals surface area contributed by atoms with Crippen LogP contribution in [0.2, 0.25) is 5.02 Å². The Kier molecular flexibility index (Phi) is 5.91. The average Bonchev–Trinajstić information content (AvgIpc) is 2.76. The van der Waals surface area contributed by atoms with Crippen molar-refractivity contribution in [2.24, 2.45) is 10.8 Å². The van der Waals surface area contributed by atoms with Crippen molar-refractivity contribution >= 4 is 23.2 Å². The van der Waals surface area contributed by atoms with E-state index in [1.807, 2.05) is 48.5 Å². The number of dihydropyridines is 1. The van der Waals surface area contributed by atoms with E-state index in [4.69, 9.17) is 16.3 Å². The predicted molar refractivity (Wildman–Crippen MR) is 138 cm³/mol. The summed E-state index contributed by atoms with van der Waals surface area (Å²) in [6.07, 6.45) is 2.51. The van der Waals surface area contributed by atoms with Gasteiger partial charge in [-0.15, -0.1) is 0 Å². The highest BCUT2D eigenvalue weighted by Gasteiger charge is 2.47. The first-order valence-electron chi connectivity index (χ1n) is 12.3. The number of allylic oxidation sites excluding steroid dienone is 4. The van der Waals surface area contributed by atoms with Crippen molar-refractivity contribution in [2.75, 3.05) is 0 Å². The molecule has 3 aliphatic rings. The molecule has 35 heavy (non-hydrogen) atoms. The second-order valence-electron chi connectivity index (χ2n) is 11.7. The van der Waals surface area contributed by atoms with Crippen LogP contribution in [-0.2, 0) is 16.2 Å². The highest BCUT2D eigenvalue weighted by atomic mass is 35.5. The van der Waals surface area contributed by atoms with Gasteiger partial charge in [-0.1, -0.05) is 69.6 Å². The molecule has 0 bridgehead atoms. The SMILES string of the molecule is CC1(C)CC(=O)C2=C(C1)NC1=C(C(=O)CC(C)(C)C1)C2c1ccccc1OCc1ccc(Cl)cc1. The van der Waals surface area contributed by atoms with Gasteiger partial charge in [0.05, 0.1) is 0 Å². The minimum absolute atomic E-state index is 0.116. The number of ketones is 2. The average molecular weight is 490 g/mol. The van der Waals surface area contributed by atoms with E-state index in [1.165, 1.54) is 0 Å². The highest BCUT2D eigenvalue weighted by molar-refractivity contribution is 6.30. The lowest BCUT2D eigenvalue weighted by Gasteiger charge is -2.44. The maximum absolute atomic E-state index is 13.6. The van der Waals surface area contributed by atoms with Crippen LogP contribution in [0.5, 0.6) is 5.75 Å². The first-order valence-corrected chi connectivity index (χ1v) is 12.7. The molecule has 2 aliphatic carbocycles. The van der Waals surface area contributed by atoms with Gasteiger partial charge in [-0.25, -0.2) is 0 Å². The molecule has 0 saturated heterocycles. The summed E-state index contributed by atoms with van der Waals surface area (Å²) in [7, 11) is 0. The number of rotatable bonds is 4. The number of benzene rings is 2. The van der Waals surface area contributed by atoms with E-state index in [2.05, 4.69) is 33.0 Å². The van der Waals surface area contributed by atoms with Gasteiger partial charge in [0.2, 0.25) is 0 Å². The molecule has 2 aromatic carbocycles. The summed E-state index contributed by atoms with van der Waals surface area (Å²) in [4.78, 5) is 27.1. The number of para-hydroxylation sites is 1. The van der Waals surface area contributed by atoms with Crippen molar-refractivity contribution in [2.45, 2.75) is 65.9 Å². The number of nitrogens with one attached hydrogen (secondary N) is 1. The molecule has 0 fully saturated rings. The number of ether oxygens (including phenoxy) is 1. The van der Waals surface area contributed by atoms with Gasteiger partial charge < -0.3 is 10.1 Å². The molecule has 1 aliphatic heterocycles. The Balaban J connectivity index is 1.60. The van der Waals surface area contributed by atoms with Crippen LogP contribution in [0.3, 0.4) is 0 Å². The van der Waals surface area contributed by atoms with Gasteiger partial charge in [0.15, 0.2) is 11.6 Å². The van der Waals surface area contributed by atoms with Crippen LogP contribution in [0.4, 0.5) is 0 Å². The second-order valence-corrected chi connectivity index (χ2v) is 12.1. The summed E-state index contributed by atoms with van der Waals surface area (Å²) in [6, 6.07) is 15.4. The predicted octanol–water partition coefficient (Wildman–Crippen LogP) is 6.89. The molecule has 2 aromatic rings. The second kappa shape index (κ2) is 8.67. The van der Waals surface area contributed by atoms with Crippen LogP contribution in [0, 0.1) is 10.8 Å². The molecule has 0 unspecified atom stereocenters. The van der Waals surface area contributed by atoms with E-state index >= 15 is 0 Å². The zero-order chi connectivity index (χ0) is 25.0. The first kappa shape index (κ1) is 23.9. The van der Waals surface area contributed by atoms with Gasteiger partial charge in [-0.05, 0) is 47.4 Å². The van der Waals surface area contributed by atoms with Crippen LogP contribution >= 0.6 is 11.6 Å². The third-order valence-corrected chi connectivity index (χ3v) is 7.51. The highest BCUT2D eigenvalue weighted by Crippen LogP contribution is 2.52. The van der Waals surface area contributed by atoms with E-state index in [1.54, 1.807) is 0 Å². The molecule has 1 N–H and O–H groups in total. The van der Waals surface area contributed by atoms with Crippen LogP contribution in [0.15, 0.2) is 71.1 Å². The summed E-state index contributed by atoms with van der Waals surface area (Å²) < 4.78 is 6.30. The summed E-state index contributed by atoms with van der Waals surface area (Å²) in [6.45, 7) is 8.91. The third kappa shape index (κ3) is 4.69. The van der Waals surface area contributed by atoms with E-state index in [0.29, 0.717) is 30.2 Å². The number of carbonyl (C=O) groups is 2. The number of halogens is 1. The van der Waals surface area contributed by atoms with Crippen molar-refractivity contribution < 1.29 is 14.3 Å². The summed E-state index contributed by atoms with van der Waals surface area (Å²) in [5, 5.41) is 4.26. The molecule has 0 saturated carbocycles. The summed E-state index contributed by atoms with van der Waals surface area (Å²) >= 11 is 6.03. The Morgan fingerprint density at radius 3 is 1.94 bits per heavy atom. The van der Waals surface area contributed by atoms with Gasteiger partial charge >= 0.3 is 0 Å². The Morgan fingerprint density at radius 1 is 0.829 bits per heavy atom. The van der Waals surface area contributed by atoms with Gasteiger partial charge in [0.1, 0.15) is 12.4 Å². The molecule has 0 aromatic heterocycles. The molecule has 0 radical (unpaired) electrons. The Hall–Kier alpha value is -2.85. The fourth-order valence-electron chi connectivity index (χ4n) is 5.79. The van der Waals surface area contributed by atoms with E-state index in [9.17, 15) is 9.59 Å². The molecular formula is C30H32ClNO3. The van der Waals surface area contributed by atoms with Gasteiger partial charge in [0, 0.05) is 51.9 Å². The van der Waals surface area contributed by atoms with Crippen molar-refractivity contribution in [3.05, 3.63) is 87.2 Å². The van der Waals surface area contributed by atoms with E-state index < -0.39 is 5.92 Å². The molecule has 0 spiro atoms. The summed E-state index contributed by atoms with van der Waals surface area (Å²) in [5.74, 6) is 0.522. The Labute approximate surface area is 212 Å². The Bertz CT molecular complexity index is 1210. The van der Waals surface area contributed by atoms with Crippen LogP contribution in [0.25, 0.3) is 0 Å². The normalized spacial score (nSPS) is 21.4. The minimum Gasteiger partial charge on any atom is -0.489 e.